The highest BCUT2D eigenvalue weighted by atomic mass is 32.1. The highest BCUT2D eigenvalue weighted by Gasteiger charge is 2.52. The summed E-state index contributed by atoms with van der Waals surface area (Å²) in [5, 5.41) is 13.5. The highest BCUT2D eigenvalue weighted by molar-refractivity contribution is 7.14. The van der Waals surface area contributed by atoms with E-state index >= 15 is 0 Å². The van der Waals surface area contributed by atoms with Gasteiger partial charge < -0.3 is 10.5 Å². The number of esters is 1. The van der Waals surface area contributed by atoms with Crippen molar-refractivity contribution in [3.05, 3.63) is 75.2 Å². The van der Waals surface area contributed by atoms with Crippen LogP contribution in [0.25, 0.3) is 21.6 Å². The van der Waals surface area contributed by atoms with E-state index in [-0.39, 0.29) is 11.7 Å². The number of carbonyl (C=O) groups is 2. The SMILES string of the molecule is CCOC(=O)C1(c2ccc(-c3ccc(-c4sccc4C(N)=O)cc3[N+](=O)[O-])cc2)CC1. The molecule has 2 N–H and O–H groups in total. The molecule has 0 unspecified atom stereocenters. The molecule has 8 heteroatoms. The number of ether oxygens (including phenoxy) is 1. The molecule has 1 aliphatic rings. The molecule has 1 amide bonds. The quantitative estimate of drug-likeness (QED) is 0.328. The van der Waals surface area contributed by atoms with Crippen LogP contribution >= 0.6 is 11.3 Å². The molecule has 7 nitrogen and oxygen atoms in total. The number of thiophene rings is 1. The number of rotatable bonds is 7. The van der Waals surface area contributed by atoms with Gasteiger partial charge in [-0.15, -0.1) is 11.3 Å². The molecule has 1 saturated carbocycles. The molecule has 2 aromatic carbocycles. The van der Waals surface area contributed by atoms with Crippen LogP contribution in [0, 0.1) is 10.1 Å². The largest absolute Gasteiger partial charge is 0.465 e. The Morgan fingerprint density at radius 1 is 1.13 bits per heavy atom. The van der Waals surface area contributed by atoms with Crippen molar-refractivity contribution in [2.45, 2.75) is 25.2 Å². The summed E-state index contributed by atoms with van der Waals surface area (Å²) in [6.07, 6.45) is 1.48. The summed E-state index contributed by atoms with van der Waals surface area (Å²) in [7, 11) is 0. The molecule has 158 valence electrons. The number of nitro groups is 1. The third-order valence-electron chi connectivity index (χ3n) is 5.55. The van der Waals surface area contributed by atoms with Crippen LogP contribution in [-0.2, 0) is 14.9 Å². The fraction of sp³-hybridized carbons (Fsp3) is 0.217. The number of benzene rings is 2. The first-order valence-electron chi connectivity index (χ1n) is 9.81. The summed E-state index contributed by atoms with van der Waals surface area (Å²) >= 11 is 1.30. The van der Waals surface area contributed by atoms with E-state index in [4.69, 9.17) is 10.5 Å². The Labute approximate surface area is 182 Å². The van der Waals surface area contributed by atoms with E-state index in [0.29, 0.717) is 33.7 Å². The number of nitro benzene ring substituents is 1. The third-order valence-corrected chi connectivity index (χ3v) is 6.52. The van der Waals surface area contributed by atoms with Crippen LogP contribution in [-0.4, -0.2) is 23.4 Å². The highest BCUT2D eigenvalue weighted by Crippen LogP contribution is 2.49. The predicted molar refractivity (Wildman–Crippen MR) is 118 cm³/mol. The smallest absolute Gasteiger partial charge is 0.316 e. The van der Waals surface area contributed by atoms with Crippen LogP contribution in [0.4, 0.5) is 5.69 Å². The second-order valence-corrected chi connectivity index (χ2v) is 8.31. The molecule has 3 aromatic rings. The van der Waals surface area contributed by atoms with Gasteiger partial charge in [0, 0.05) is 10.9 Å². The number of carbonyl (C=O) groups excluding carboxylic acids is 2. The summed E-state index contributed by atoms with van der Waals surface area (Å²) in [5.74, 6) is -0.798. The zero-order valence-electron chi connectivity index (χ0n) is 16.8. The van der Waals surface area contributed by atoms with Gasteiger partial charge in [0.1, 0.15) is 0 Å². The number of hydrogen-bond donors (Lipinski definition) is 1. The Kier molecular flexibility index (Phi) is 5.32. The molecule has 0 saturated heterocycles. The summed E-state index contributed by atoms with van der Waals surface area (Å²) in [4.78, 5) is 35.9. The van der Waals surface area contributed by atoms with E-state index in [2.05, 4.69) is 0 Å². The number of nitrogens with zero attached hydrogens (tertiary/aromatic N) is 1. The topological polar surface area (TPSA) is 113 Å². The van der Waals surface area contributed by atoms with Gasteiger partial charge in [-0.2, -0.15) is 0 Å². The maximum atomic E-state index is 12.3. The lowest BCUT2D eigenvalue weighted by molar-refractivity contribution is -0.384. The molecule has 1 aliphatic carbocycles. The van der Waals surface area contributed by atoms with Crippen molar-refractivity contribution in [3.8, 4) is 21.6 Å². The maximum Gasteiger partial charge on any atom is 0.316 e. The minimum Gasteiger partial charge on any atom is -0.465 e. The van der Waals surface area contributed by atoms with Crippen molar-refractivity contribution in [1.29, 1.82) is 0 Å². The maximum absolute atomic E-state index is 12.3. The lowest BCUT2D eigenvalue weighted by Gasteiger charge is -2.15. The van der Waals surface area contributed by atoms with Crippen LogP contribution in [0.3, 0.4) is 0 Å². The van der Waals surface area contributed by atoms with Crippen molar-refractivity contribution in [2.75, 3.05) is 6.61 Å². The van der Waals surface area contributed by atoms with Crippen molar-refractivity contribution in [3.63, 3.8) is 0 Å². The van der Waals surface area contributed by atoms with Gasteiger partial charge in [-0.05, 0) is 54.0 Å². The van der Waals surface area contributed by atoms with Gasteiger partial charge in [-0.25, -0.2) is 0 Å². The van der Waals surface area contributed by atoms with Gasteiger partial charge in [-0.3, -0.25) is 19.7 Å². The Balaban J connectivity index is 1.70. The molecular weight excluding hydrogens is 416 g/mol. The zero-order chi connectivity index (χ0) is 22.2. The second-order valence-electron chi connectivity index (χ2n) is 7.40. The molecule has 4 rings (SSSR count). The molecule has 1 heterocycles. The minimum absolute atomic E-state index is 0.0689. The third kappa shape index (κ3) is 3.70. The van der Waals surface area contributed by atoms with E-state index < -0.39 is 16.2 Å². The Morgan fingerprint density at radius 3 is 2.39 bits per heavy atom. The molecule has 0 bridgehead atoms. The molecule has 0 aliphatic heterocycles. The van der Waals surface area contributed by atoms with Crippen LogP contribution in [0.2, 0.25) is 0 Å². The van der Waals surface area contributed by atoms with Gasteiger partial charge in [0.05, 0.1) is 28.1 Å². The van der Waals surface area contributed by atoms with E-state index in [1.54, 1.807) is 42.6 Å². The zero-order valence-corrected chi connectivity index (χ0v) is 17.6. The summed E-state index contributed by atoms with van der Waals surface area (Å²) < 4.78 is 5.20. The fourth-order valence-corrected chi connectivity index (χ4v) is 4.67. The van der Waals surface area contributed by atoms with E-state index in [9.17, 15) is 19.7 Å². The van der Waals surface area contributed by atoms with Crippen molar-refractivity contribution in [2.24, 2.45) is 5.73 Å². The number of amides is 1. The molecule has 0 radical (unpaired) electrons. The fourth-order valence-electron chi connectivity index (χ4n) is 3.77. The molecule has 0 atom stereocenters. The molecular formula is C23H20N2O5S. The first-order chi connectivity index (χ1) is 14.9. The minimum atomic E-state index is -0.589. The van der Waals surface area contributed by atoms with E-state index in [1.807, 2.05) is 12.1 Å². The average molecular weight is 436 g/mol. The standard InChI is InChI=1S/C23H20N2O5S/c1-2-30-22(27)23(10-11-23)16-6-3-14(4-7-16)17-8-5-15(13-19(17)25(28)29)20-18(21(24)26)9-12-31-20/h3-9,12-13H,2,10-11H2,1H3,(H2,24,26). The van der Waals surface area contributed by atoms with Crippen molar-refractivity contribution >= 4 is 28.9 Å². The van der Waals surface area contributed by atoms with Crippen LogP contribution in [0.15, 0.2) is 53.9 Å². The number of nitrogens with two attached hydrogens (primary N) is 1. The summed E-state index contributed by atoms with van der Waals surface area (Å²) in [6, 6.07) is 13.7. The Hall–Kier alpha value is -3.52. The molecule has 1 fully saturated rings. The van der Waals surface area contributed by atoms with E-state index in [0.717, 1.165) is 18.4 Å². The first kappa shape index (κ1) is 20.7. The normalized spacial score (nSPS) is 14.1. The van der Waals surface area contributed by atoms with Gasteiger partial charge in [0.25, 0.3) is 5.69 Å². The number of primary amides is 1. The number of hydrogen-bond acceptors (Lipinski definition) is 6. The van der Waals surface area contributed by atoms with Crippen LogP contribution in [0.5, 0.6) is 0 Å². The molecule has 0 spiro atoms. The van der Waals surface area contributed by atoms with E-state index in [1.165, 1.54) is 17.4 Å². The Morgan fingerprint density at radius 2 is 1.81 bits per heavy atom. The Bertz CT molecular complexity index is 1180. The van der Waals surface area contributed by atoms with Crippen LogP contribution < -0.4 is 5.73 Å². The first-order valence-corrected chi connectivity index (χ1v) is 10.7. The van der Waals surface area contributed by atoms with Crippen molar-refractivity contribution in [1.82, 2.24) is 0 Å². The van der Waals surface area contributed by atoms with Gasteiger partial charge in [-0.1, -0.05) is 30.3 Å². The predicted octanol–water partition coefficient (Wildman–Crippen LogP) is 4.68. The monoisotopic (exact) mass is 436 g/mol. The van der Waals surface area contributed by atoms with Crippen molar-refractivity contribution < 1.29 is 19.2 Å². The summed E-state index contributed by atoms with van der Waals surface area (Å²) in [5.41, 5.74) is 7.64. The summed E-state index contributed by atoms with van der Waals surface area (Å²) in [6.45, 7) is 2.11. The van der Waals surface area contributed by atoms with Crippen LogP contribution in [0.1, 0.15) is 35.7 Å². The molecule has 1 aromatic heterocycles. The second kappa shape index (κ2) is 7.96. The lowest BCUT2D eigenvalue weighted by Crippen LogP contribution is -2.23. The average Bonchev–Trinajstić information content (AvgIpc) is 3.42. The van der Waals surface area contributed by atoms with Gasteiger partial charge in [0.15, 0.2) is 0 Å². The lowest BCUT2D eigenvalue weighted by atomic mass is 9.93. The van der Waals surface area contributed by atoms with Gasteiger partial charge >= 0.3 is 5.97 Å². The molecule has 31 heavy (non-hydrogen) atoms. The van der Waals surface area contributed by atoms with Gasteiger partial charge in [0.2, 0.25) is 5.91 Å².